The second-order valence-electron chi connectivity index (χ2n) is 6.96. The van der Waals surface area contributed by atoms with Gasteiger partial charge in [0.15, 0.2) is 0 Å². The highest BCUT2D eigenvalue weighted by atomic mass is 15.2. The molecule has 2 heteroatoms. The smallest absolute Gasteiger partial charge is 0.0672 e. The van der Waals surface area contributed by atoms with Crippen LogP contribution >= 0.6 is 0 Å². The van der Waals surface area contributed by atoms with Crippen molar-refractivity contribution in [2.24, 2.45) is 23.7 Å². The molecule has 0 N–H and O–H groups in total. The van der Waals surface area contributed by atoms with Gasteiger partial charge in [-0.15, -0.1) is 0 Å². The summed E-state index contributed by atoms with van der Waals surface area (Å²) in [5, 5.41) is 9.39. The molecule has 0 aromatic heterocycles. The van der Waals surface area contributed by atoms with Gasteiger partial charge in [0, 0.05) is 19.1 Å². The molecule has 1 fully saturated rings. The van der Waals surface area contributed by atoms with Crippen LogP contribution in [0.2, 0.25) is 0 Å². The minimum absolute atomic E-state index is 0.249. The zero-order valence-electron chi connectivity index (χ0n) is 12.8. The molecule has 3 unspecified atom stereocenters. The molecule has 104 valence electrons. The highest BCUT2D eigenvalue weighted by Crippen LogP contribution is 2.32. The van der Waals surface area contributed by atoms with Crippen molar-refractivity contribution in [3.63, 3.8) is 0 Å². The standard InChI is InChI=1S/C16H30N2/c1-12(2)10-18(11-13(3)4)16-8-14(5)6-7-15(16)9-17/h12-16H,6-8,10-11H2,1-5H3. The monoisotopic (exact) mass is 250 g/mol. The minimum atomic E-state index is 0.249. The van der Waals surface area contributed by atoms with Crippen LogP contribution in [0.4, 0.5) is 0 Å². The molecule has 0 saturated heterocycles. The van der Waals surface area contributed by atoms with Crippen LogP contribution in [0.15, 0.2) is 0 Å². The third-order valence-corrected chi connectivity index (χ3v) is 3.91. The van der Waals surface area contributed by atoms with Crippen molar-refractivity contribution in [3.8, 4) is 6.07 Å². The maximum Gasteiger partial charge on any atom is 0.0672 e. The summed E-state index contributed by atoms with van der Waals surface area (Å²) >= 11 is 0. The first-order chi connectivity index (χ1) is 8.43. The van der Waals surface area contributed by atoms with Crippen molar-refractivity contribution >= 4 is 0 Å². The van der Waals surface area contributed by atoms with Crippen LogP contribution in [-0.2, 0) is 0 Å². The Morgan fingerprint density at radius 3 is 2.11 bits per heavy atom. The van der Waals surface area contributed by atoms with E-state index < -0.39 is 0 Å². The van der Waals surface area contributed by atoms with Crippen molar-refractivity contribution in [1.82, 2.24) is 4.90 Å². The van der Waals surface area contributed by atoms with Gasteiger partial charge >= 0.3 is 0 Å². The molecule has 0 aromatic rings. The van der Waals surface area contributed by atoms with Gasteiger partial charge in [0.1, 0.15) is 0 Å². The third-order valence-electron chi connectivity index (χ3n) is 3.91. The van der Waals surface area contributed by atoms with E-state index in [1.165, 1.54) is 12.8 Å². The highest BCUT2D eigenvalue weighted by molar-refractivity contribution is 4.97. The molecule has 0 amide bonds. The lowest BCUT2D eigenvalue weighted by Gasteiger charge is -2.41. The Balaban J connectivity index is 2.76. The van der Waals surface area contributed by atoms with Gasteiger partial charge in [-0.3, -0.25) is 4.90 Å². The first kappa shape index (κ1) is 15.5. The first-order valence-electron chi connectivity index (χ1n) is 7.57. The normalized spacial score (nSPS) is 28.9. The topological polar surface area (TPSA) is 27.0 Å². The average molecular weight is 250 g/mol. The summed E-state index contributed by atoms with van der Waals surface area (Å²) in [5.74, 6) is 2.39. The van der Waals surface area contributed by atoms with E-state index in [9.17, 15) is 5.26 Å². The quantitative estimate of drug-likeness (QED) is 0.739. The number of nitriles is 1. The maximum absolute atomic E-state index is 9.39. The number of hydrogen-bond donors (Lipinski definition) is 0. The molecule has 0 radical (unpaired) electrons. The van der Waals surface area contributed by atoms with E-state index in [-0.39, 0.29) is 5.92 Å². The Morgan fingerprint density at radius 1 is 1.11 bits per heavy atom. The fourth-order valence-corrected chi connectivity index (χ4v) is 3.19. The van der Waals surface area contributed by atoms with Crippen LogP contribution < -0.4 is 0 Å². The van der Waals surface area contributed by atoms with E-state index in [0.29, 0.717) is 17.9 Å². The van der Waals surface area contributed by atoms with Crippen molar-refractivity contribution in [2.45, 2.75) is 59.9 Å². The van der Waals surface area contributed by atoms with E-state index in [2.05, 4.69) is 45.6 Å². The SMILES string of the molecule is CC(C)CN(CC(C)C)C1CC(C)CCC1C#N. The second kappa shape index (κ2) is 7.14. The molecule has 0 bridgehead atoms. The van der Waals surface area contributed by atoms with Crippen LogP contribution in [0.3, 0.4) is 0 Å². The Morgan fingerprint density at radius 2 is 1.67 bits per heavy atom. The molecule has 0 aromatic carbocycles. The largest absolute Gasteiger partial charge is 0.299 e. The van der Waals surface area contributed by atoms with Crippen LogP contribution in [0.1, 0.15) is 53.9 Å². The van der Waals surface area contributed by atoms with Gasteiger partial charge < -0.3 is 0 Å². The molecule has 1 rings (SSSR count). The summed E-state index contributed by atoms with van der Waals surface area (Å²) in [7, 11) is 0. The molecule has 1 saturated carbocycles. The maximum atomic E-state index is 9.39. The summed E-state index contributed by atoms with van der Waals surface area (Å²) in [6.07, 6.45) is 3.53. The fourth-order valence-electron chi connectivity index (χ4n) is 3.19. The van der Waals surface area contributed by atoms with E-state index >= 15 is 0 Å². The fraction of sp³-hybridized carbons (Fsp3) is 0.938. The Hall–Kier alpha value is -0.550. The van der Waals surface area contributed by atoms with E-state index in [0.717, 1.165) is 25.4 Å². The van der Waals surface area contributed by atoms with Crippen LogP contribution in [0.5, 0.6) is 0 Å². The Labute approximate surface area is 113 Å². The molecule has 0 aliphatic heterocycles. The Bertz CT molecular complexity index is 267. The molecule has 0 heterocycles. The highest BCUT2D eigenvalue weighted by Gasteiger charge is 2.33. The first-order valence-corrected chi connectivity index (χ1v) is 7.57. The summed E-state index contributed by atoms with van der Waals surface area (Å²) in [6.45, 7) is 13.7. The number of nitrogens with zero attached hydrogens (tertiary/aromatic N) is 2. The molecule has 18 heavy (non-hydrogen) atoms. The molecule has 2 nitrogen and oxygen atoms in total. The van der Waals surface area contributed by atoms with Gasteiger partial charge in [0.2, 0.25) is 0 Å². The van der Waals surface area contributed by atoms with Gasteiger partial charge in [-0.05, 0) is 37.0 Å². The molecular formula is C16H30N2. The van der Waals surface area contributed by atoms with E-state index in [4.69, 9.17) is 0 Å². The van der Waals surface area contributed by atoms with Gasteiger partial charge in [-0.2, -0.15) is 5.26 Å². The lowest BCUT2D eigenvalue weighted by Crippen LogP contribution is -2.46. The average Bonchev–Trinajstić information content (AvgIpc) is 2.26. The molecule has 1 aliphatic carbocycles. The number of rotatable bonds is 5. The number of hydrogen-bond acceptors (Lipinski definition) is 2. The van der Waals surface area contributed by atoms with Crippen molar-refractivity contribution in [1.29, 1.82) is 5.26 Å². The zero-order valence-corrected chi connectivity index (χ0v) is 12.8. The molecule has 1 aliphatic rings. The molecule has 3 atom stereocenters. The third kappa shape index (κ3) is 4.61. The predicted octanol–water partition coefficient (Wildman–Crippen LogP) is 3.93. The second-order valence-corrected chi connectivity index (χ2v) is 6.96. The van der Waals surface area contributed by atoms with Gasteiger partial charge in [-0.25, -0.2) is 0 Å². The van der Waals surface area contributed by atoms with Crippen LogP contribution in [-0.4, -0.2) is 24.0 Å². The van der Waals surface area contributed by atoms with Crippen molar-refractivity contribution < 1.29 is 0 Å². The minimum Gasteiger partial charge on any atom is -0.299 e. The van der Waals surface area contributed by atoms with Gasteiger partial charge in [0.25, 0.3) is 0 Å². The van der Waals surface area contributed by atoms with Gasteiger partial charge in [0.05, 0.1) is 12.0 Å². The predicted molar refractivity (Wildman–Crippen MR) is 77.2 cm³/mol. The van der Waals surface area contributed by atoms with Crippen LogP contribution in [0.25, 0.3) is 0 Å². The van der Waals surface area contributed by atoms with E-state index in [1.54, 1.807) is 0 Å². The van der Waals surface area contributed by atoms with E-state index in [1.807, 2.05) is 0 Å². The Kier molecular flexibility index (Phi) is 6.15. The van der Waals surface area contributed by atoms with Crippen LogP contribution in [0, 0.1) is 35.0 Å². The summed E-state index contributed by atoms with van der Waals surface area (Å²) < 4.78 is 0. The lowest BCUT2D eigenvalue weighted by molar-refractivity contribution is 0.0829. The zero-order chi connectivity index (χ0) is 13.7. The van der Waals surface area contributed by atoms with Crippen molar-refractivity contribution in [2.75, 3.05) is 13.1 Å². The molecular weight excluding hydrogens is 220 g/mol. The van der Waals surface area contributed by atoms with Gasteiger partial charge in [-0.1, -0.05) is 34.6 Å². The summed E-state index contributed by atoms with van der Waals surface area (Å²) in [6, 6.07) is 3.05. The molecule has 0 spiro atoms. The summed E-state index contributed by atoms with van der Waals surface area (Å²) in [5.41, 5.74) is 0. The van der Waals surface area contributed by atoms with Crippen molar-refractivity contribution in [3.05, 3.63) is 0 Å². The lowest BCUT2D eigenvalue weighted by atomic mass is 9.78. The summed E-state index contributed by atoms with van der Waals surface area (Å²) in [4.78, 5) is 2.60.